The molecule has 0 aliphatic rings. The smallest absolute Gasteiger partial charge is 0.336 e. The van der Waals surface area contributed by atoms with Gasteiger partial charge < -0.3 is 14.2 Å². The molecule has 4 nitrogen and oxygen atoms in total. The first-order valence-electron chi connectivity index (χ1n) is 7.65. The third kappa shape index (κ3) is 3.96. The first kappa shape index (κ1) is 17.6. The number of benzene rings is 2. The minimum absolute atomic E-state index is 0.434. The van der Waals surface area contributed by atoms with Crippen molar-refractivity contribution in [3.05, 3.63) is 58.7 Å². The summed E-state index contributed by atoms with van der Waals surface area (Å²) in [6.07, 6.45) is 3.04. The van der Waals surface area contributed by atoms with Crippen molar-refractivity contribution in [1.29, 1.82) is 0 Å². The number of hydrogen-bond donors (Lipinski definition) is 0. The third-order valence-electron chi connectivity index (χ3n) is 3.91. The molecule has 0 saturated carbocycles. The molecular weight excluding hydrogens is 304 g/mol. The van der Waals surface area contributed by atoms with Crippen molar-refractivity contribution in [2.75, 3.05) is 14.2 Å². The monoisotopic (exact) mass is 326 g/mol. The van der Waals surface area contributed by atoms with Crippen molar-refractivity contribution in [1.82, 2.24) is 0 Å². The lowest BCUT2D eigenvalue weighted by atomic mass is 10.1. The highest BCUT2D eigenvalue weighted by Crippen LogP contribution is 2.27. The zero-order valence-electron chi connectivity index (χ0n) is 14.7. The van der Waals surface area contributed by atoms with Crippen LogP contribution in [0.5, 0.6) is 17.2 Å². The Kier molecular flexibility index (Phi) is 5.64. The number of methoxy groups -OCH3 is 2. The van der Waals surface area contributed by atoms with E-state index in [-0.39, 0.29) is 0 Å². The minimum Gasteiger partial charge on any atom is -0.497 e. The maximum absolute atomic E-state index is 12.2. The van der Waals surface area contributed by atoms with E-state index in [9.17, 15) is 4.79 Å². The second-order valence-electron chi connectivity index (χ2n) is 5.52. The van der Waals surface area contributed by atoms with Crippen LogP contribution in [-0.2, 0) is 4.79 Å². The number of esters is 1. The molecule has 0 fully saturated rings. The van der Waals surface area contributed by atoms with Gasteiger partial charge in [-0.1, -0.05) is 12.1 Å². The molecule has 0 bridgehead atoms. The molecule has 2 aromatic carbocycles. The second kappa shape index (κ2) is 7.68. The molecule has 2 rings (SSSR count). The van der Waals surface area contributed by atoms with Crippen LogP contribution in [0.1, 0.15) is 22.3 Å². The van der Waals surface area contributed by atoms with E-state index in [4.69, 9.17) is 14.2 Å². The Balaban J connectivity index is 2.21. The first-order valence-corrected chi connectivity index (χ1v) is 7.65. The van der Waals surface area contributed by atoms with Crippen molar-refractivity contribution in [2.45, 2.75) is 20.8 Å². The first-order chi connectivity index (χ1) is 11.5. The van der Waals surface area contributed by atoms with Gasteiger partial charge in [0.1, 0.15) is 17.2 Å². The quantitative estimate of drug-likeness (QED) is 0.468. The lowest BCUT2D eigenvalue weighted by Gasteiger charge is -2.11. The Labute approximate surface area is 142 Å². The van der Waals surface area contributed by atoms with Crippen molar-refractivity contribution >= 4 is 12.0 Å². The molecule has 0 saturated heterocycles. The Morgan fingerprint density at radius 3 is 2.33 bits per heavy atom. The number of carbonyl (C=O) groups is 1. The van der Waals surface area contributed by atoms with E-state index in [2.05, 4.69) is 0 Å². The van der Waals surface area contributed by atoms with E-state index < -0.39 is 5.97 Å². The molecule has 0 radical (unpaired) electrons. The number of carbonyl (C=O) groups excluding carboxylic acids is 1. The molecule has 4 heteroatoms. The summed E-state index contributed by atoms with van der Waals surface area (Å²) in [7, 11) is 3.17. The number of hydrogen-bond acceptors (Lipinski definition) is 4. The Hall–Kier alpha value is -2.75. The summed E-state index contributed by atoms with van der Waals surface area (Å²) in [4.78, 5) is 12.2. The predicted octanol–water partition coefficient (Wildman–Crippen LogP) is 4.25. The zero-order valence-corrected chi connectivity index (χ0v) is 14.7. The molecule has 126 valence electrons. The van der Waals surface area contributed by atoms with Gasteiger partial charge in [-0.05, 0) is 61.7 Å². The maximum Gasteiger partial charge on any atom is 0.336 e. The fourth-order valence-electron chi connectivity index (χ4n) is 2.34. The summed E-state index contributed by atoms with van der Waals surface area (Å²) in [6.45, 7) is 5.85. The van der Waals surface area contributed by atoms with Crippen LogP contribution in [0.2, 0.25) is 0 Å². The molecule has 0 aliphatic heterocycles. The number of ether oxygens (including phenoxy) is 3. The van der Waals surface area contributed by atoms with Crippen LogP contribution in [0.25, 0.3) is 6.08 Å². The van der Waals surface area contributed by atoms with Gasteiger partial charge in [-0.2, -0.15) is 0 Å². The van der Waals surface area contributed by atoms with Crippen LogP contribution in [-0.4, -0.2) is 20.2 Å². The summed E-state index contributed by atoms with van der Waals surface area (Å²) >= 11 is 0. The molecule has 0 aliphatic carbocycles. The summed E-state index contributed by atoms with van der Waals surface area (Å²) in [5, 5.41) is 0. The van der Waals surface area contributed by atoms with Gasteiger partial charge in [0.25, 0.3) is 0 Å². The Bertz CT molecular complexity index is 775. The number of aryl methyl sites for hydroxylation is 2. The Morgan fingerprint density at radius 2 is 1.67 bits per heavy atom. The van der Waals surface area contributed by atoms with Crippen LogP contribution in [0, 0.1) is 20.8 Å². The van der Waals surface area contributed by atoms with Crippen molar-refractivity contribution < 1.29 is 19.0 Å². The second-order valence-corrected chi connectivity index (χ2v) is 5.52. The van der Waals surface area contributed by atoms with Gasteiger partial charge in [-0.3, -0.25) is 0 Å². The average Bonchev–Trinajstić information content (AvgIpc) is 2.59. The SMILES string of the molecule is COc1ccc(OC)c(/C=C/C(=O)Oc2c(C)ccc(C)c2C)c1. The van der Waals surface area contributed by atoms with Crippen LogP contribution in [0.4, 0.5) is 0 Å². The van der Waals surface area contributed by atoms with Gasteiger partial charge in [0.2, 0.25) is 0 Å². The van der Waals surface area contributed by atoms with E-state index >= 15 is 0 Å². The lowest BCUT2D eigenvalue weighted by molar-refractivity contribution is -0.129. The van der Waals surface area contributed by atoms with Crippen LogP contribution in [0.3, 0.4) is 0 Å². The molecule has 0 amide bonds. The van der Waals surface area contributed by atoms with Gasteiger partial charge in [-0.15, -0.1) is 0 Å². The average molecular weight is 326 g/mol. The molecule has 2 aromatic rings. The van der Waals surface area contributed by atoms with Gasteiger partial charge in [0.05, 0.1) is 14.2 Å². The van der Waals surface area contributed by atoms with Gasteiger partial charge >= 0.3 is 5.97 Å². The molecule has 0 N–H and O–H groups in total. The highest BCUT2D eigenvalue weighted by Gasteiger charge is 2.10. The molecule has 0 atom stereocenters. The minimum atomic E-state index is -0.434. The van der Waals surface area contributed by atoms with Crippen molar-refractivity contribution in [3.63, 3.8) is 0 Å². The third-order valence-corrected chi connectivity index (χ3v) is 3.91. The largest absolute Gasteiger partial charge is 0.497 e. The van der Waals surface area contributed by atoms with Crippen LogP contribution >= 0.6 is 0 Å². The summed E-state index contributed by atoms with van der Waals surface area (Å²) in [6, 6.07) is 9.34. The van der Waals surface area contributed by atoms with Gasteiger partial charge in [-0.25, -0.2) is 4.79 Å². The normalized spacial score (nSPS) is 10.7. The van der Waals surface area contributed by atoms with Crippen molar-refractivity contribution in [2.24, 2.45) is 0 Å². The molecule has 0 spiro atoms. The molecule has 0 unspecified atom stereocenters. The molecular formula is C20H22O4. The molecule has 24 heavy (non-hydrogen) atoms. The number of rotatable bonds is 5. The van der Waals surface area contributed by atoms with E-state index in [0.717, 1.165) is 22.3 Å². The highest BCUT2D eigenvalue weighted by atomic mass is 16.5. The summed E-state index contributed by atoms with van der Waals surface area (Å²) in [5.41, 5.74) is 3.72. The van der Waals surface area contributed by atoms with E-state index in [0.29, 0.717) is 17.2 Å². The van der Waals surface area contributed by atoms with Crippen molar-refractivity contribution in [3.8, 4) is 17.2 Å². The highest BCUT2D eigenvalue weighted by molar-refractivity contribution is 5.89. The summed E-state index contributed by atoms with van der Waals surface area (Å²) in [5.74, 6) is 1.52. The van der Waals surface area contributed by atoms with E-state index in [1.807, 2.05) is 32.9 Å². The Morgan fingerprint density at radius 1 is 0.958 bits per heavy atom. The summed E-state index contributed by atoms with van der Waals surface area (Å²) < 4.78 is 16.0. The lowest BCUT2D eigenvalue weighted by Crippen LogP contribution is -2.07. The molecule has 0 heterocycles. The standard InChI is InChI=1S/C20H22O4/c1-13-6-7-14(2)20(15(13)3)24-19(21)11-8-16-12-17(22-4)9-10-18(16)23-5/h6-12H,1-5H3/b11-8+. The van der Waals surface area contributed by atoms with Gasteiger partial charge in [0, 0.05) is 11.6 Å². The van der Waals surface area contributed by atoms with E-state index in [1.54, 1.807) is 38.5 Å². The van der Waals surface area contributed by atoms with Crippen LogP contribution in [0.15, 0.2) is 36.4 Å². The zero-order chi connectivity index (χ0) is 17.7. The van der Waals surface area contributed by atoms with Crippen LogP contribution < -0.4 is 14.2 Å². The fourth-order valence-corrected chi connectivity index (χ4v) is 2.34. The van der Waals surface area contributed by atoms with E-state index in [1.165, 1.54) is 6.08 Å². The fraction of sp³-hybridized carbons (Fsp3) is 0.250. The maximum atomic E-state index is 12.2. The molecule has 0 aromatic heterocycles. The predicted molar refractivity (Wildman–Crippen MR) is 94.9 cm³/mol. The van der Waals surface area contributed by atoms with Gasteiger partial charge in [0.15, 0.2) is 0 Å². The topological polar surface area (TPSA) is 44.8 Å².